The van der Waals surface area contributed by atoms with Crippen molar-refractivity contribution in [1.82, 2.24) is 4.57 Å². The lowest BCUT2D eigenvalue weighted by molar-refractivity contribution is -0.723. The van der Waals surface area contributed by atoms with Crippen LogP contribution in [-0.2, 0) is 12.8 Å². The molecule has 5 heterocycles. The molecule has 0 spiro atoms. The third-order valence-electron chi connectivity index (χ3n) is 15.3. The molecule has 0 N–H and O–H groups in total. The van der Waals surface area contributed by atoms with Crippen LogP contribution in [0.25, 0.3) is 78.1 Å². The smallest absolute Gasteiger partial charge is 0.304 e. The summed E-state index contributed by atoms with van der Waals surface area (Å²) in [5.41, 5.74) is 18.3. The van der Waals surface area contributed by atoms with Crippen LogP contribution in [0.4, 0.5) is 0 Å². The summed E-state index contributed by atoms with van der Waals surface area (Å²) in [5, 5.41) is 3.88. The van der Waals surface area contributed by atoms with Crippen molar-refractivity contribution >= 4 is 51.9 Å². The van der Waals surface area contributed by atoms with Crippen LogP contribution in [0.1, 0.15) is 86.1 Å². The molecule has 5 heteroatoms. The van der Waals surface area contributed by atoms with E-state index in [-0.39, 0.29) is 12.0 Å². The summed E-state index contributed by atoms with van der Waals surface area (Å²) in [6, 6.07) is 52.1. The molecule has 322 valence electrons. The standard InChI is InChI=1S/C60H59N3OSi/c1-38(2)43-30-31-46-50(35-43)48-32-28-42-29-33-49-47-23-13-17-27-55(47)64-59(49)57(42)60-62(39(3)58(48)61-37-56(65(4,5)6)44(36-54(46)61)34-40-18-10-11-19-40)52-25-15-16-26-53(52)63(60)51-24-14-12-22-45(51)41-20-8-7-9-21-41/h7-9,12-17,20-27,29-31,33,35-38,40,48,58H,3,10-11,18-19,28,32,34H2,1-2,4-6H3/q+2. The first kappa shape index (κ1) is 40.2. The third-order valence-corrected chi connectivity index (χ3v) is 17.4. The fourth-order valence-corrected chi connectivity index (χ4v) is 13.8. The second-order valence-electron chi connectivity index (χ2n) is 20.6. The maximum Gasteiger partial charge on any atom is 0.304 e. The molecule has 4 nitrogen and oxygen atoms in total. The van der Waals surface area contributed by atoms with E-state index in [1.807, 2.05) is 0 Å². The highest BCUT2D eigenvalue weighted by Crippen LogP contribution is 2.49. The summed E-state index contributed by atoms with van der Waals surface area (Å²) in [6.45, 7) is 17.7. The molecule has 0 bridgehead atoms. The minimum absolute atomic E-state index is 0.0385. The van der Waals surface area contributed by atoms with E-state index in [1.165, 1.54) is 71.2 Å². The largest absolute Gasteiger partial charge is 0.455 e. The van der Waals surface area contributed by atoms with Gasteiger partial charge in [-0.2, -0.15) is 13.7 Å². The number of aryl methyl sites for hydroxylation is 1. The fraction of sp³-hybridized carbons (Fsp3) is 0.267. The molecule has 9 aromatic rings. The molecule has 0 saturated heterocycles. The van der Waals surface area contributed by atoms with Gasteiger partial charge < -0.3 is 4.42 Å². The Morgan fingerprint density at radius 3 is 2.32 bits per heavy atom. The Balaban J connectivity index is 1.21. The zero-order valence-corrected chi connectivity index (χ0v) is 39.6. The van der Waals surface area contributed by atoms with Crippen LogP contribution in [0, 0.1) is 5.92 Å². The van der Waals surface area contributed by atoms with Gasteiger partial charge >= 0.3 is 5.82 Å². The summed E-state index contributed by atoms with van der Waals surface area (Å²) in [5.74, 6) is 2.46. The van der Waals surface area contributed by atoms with Gasteiger partial charge in [0.2, 0.25) is 11.7 Å². The van der Waals surface area contributed by atoms with Crippen molar-refractivity contribution in [3.8, 4) is 39.5 Å². The SMILES string of the molecule is C=C1C2C(CCc3ccc4c(oc5ccccc54)c3-c3n(-c4ccccc4-c4ccccc4)c4ccccc4[n+]31)c1cc(C(C)C)ccc1-c1cc(CC3CCCC3)c([Si](C)(C)C)c[n+]12. The van der Waals surface area contributed by atoms with E-state index in [0.717, 1.165) is 74.5 Å². The lowest BCUT2D eigenvalue weighted by Gasteiger charge is -2.33. The van der Waals surface area contributed by atoms with Crippen LogP contribution < -0.4 is 14.3 Å². The molecule has 3 aliphatic rings. The molecule has 1 saturated carbocycles. The molecule has 0 amide bonds. The van der Waals surface area contributed by atoms with Crippen molar-refractivity contribution < 1.29 is 13.6 Å². The zero-order valence-electron chi connectivity index (χ0n) is 38.6. The summed E-state index contributed by atoms with van der Waals surface area (Å²) >= 11 is 0. The van der Waals surface area contributed by atoms with E-state index in [0.29, 0.717) is 5.92 Å². The van der Waals surface area contributed by atoms with E-state index in [9.17, 15) is 0 Å². The lowest BCUT2D eigenvalue weighted by atomic mass is 9.77. The van der Waals surface area contributed by atoms with Gasteiger partial charge in [0.05, 0.1) is 14.0 Å². The number of benzene rings is 6. The quantitative estimate of drug-likeness (QED) is 0.121. The number of para-hydroxylation sites is 4. The van der Waals surface area contributed by atoms with Gasteiger partial charge in [0.25, 0.3) is 0 Å². The minimum Gasteiger partial charge on any atom is -0.455 e. The molecule has 12 rings (SSSR count). The van der Waals surface area contributed by atoms with Crippen LogP contribution in [0.5, 0.6) is 0 Å². The molecule has 1 aliphatic carbocycles. The van der Waals surface area contributed by atoms with Crippen molar-refractivity contribution in [2.45, 2.75) is 96.3 Å². The van der Waals surface area contributed by atoms with Crippen molar-refractivity contribution in [1.29, 1.82) is 0 Å². The van der Waals surface area contributed by atoms with Gasteiger partial charge in [-0.3, -0.25) is 0 Å². The van der Waals surface area contributed by atoms with Gasteiger partial charge in [0, 0.05) is 33.2 Å². The number of pyridine rings is 1. The summed E-state index contributed by atoms with van der Waals surface area (Å²) in [6.07, 6.45) is 11.1. The predicted octanol–water partition coefficient (Wildman–Crippen LogP) is 14.3. The van der Waals surface area contributed by atoms with E-state index < -0.39 is 8.07 Å². The van der Waals surface area contributed by atoms with Gasteiger partial charge in [-0.05, 0) is 95.8 Å². The molecule has 3 aromatic heterocycles. The predicted molar refractivity (Wildman–Crippen MR) is 272 cm³/mol. The number of allylic oxidation sites excluding steroid dienone is 1. The lowest BCUT2D eigenvalue weighted by Crippen LogP contribution is -2.57. The Morgan fingerprint density at radius 1 is 0.754 bits per heavy atom. The Hall–Kier alpha value is -6.30. The van der Waals surface area contributed by atoms with Crippen molar-refractivity contribution in [3.05, 3.63) is 175 Å². The number of hydrogen-bond donors (Lipinski definition) is 0. The van der Waals surface area contributed by atoms with E-state index in [1.54, 1.807) is 10.8 Å². The van der Waals surface area contributed by atoms with Crippen LogP contribution in [-0.4, -0.2) is 12.6 Å². The summed E-state index contributed by atoms with van der Waals surface area (Å²) in [7, 11) is -1.80. The number of hydrogen-bond acceptors (Lipinski definition) is 1. The number of imidazole rings is 1. The normalized spacial score (nSPS) is 17.4. The Labute approximate surface area is 384 Å². The fourth-order valence-electron chi connectivity index (χ4n) is 12.2. The summed E-state index contributed by atoms with van der Waals surface area (Å²) in [4.78, 5) is 0. The molecule has 0 radical (unpaired) electrons. The molecule has 6 aromatic carbocycles. The maximum absolute atomic E-state index is 7.12. The monoisotopic (exact) mass is 865 g/mol. The second-order valence-corrected chi connectivity index (χ2v) is 25.7. The Bertz CT molecular complexity index is 3360. The first-order chi connectivity index (χ1) is 31.6. The van der Waals surface area contributed by atoms with Crippen molar-refractivity contribution in [2.75, 3.05) is 0 Å². The topological polar surface area (TPSA) is 25.8 Å². The molecular formula is C60H59N3OSi+2. The van der Waals surface area contributed by atoms with Crippen LogP contribution in [0.2, 0.25) is 19.6 Å². The minimum atomic E-state index is -1.80. The van der Waals surface area contributed by atoms with Crippen molar-refractivity contribution in [2.24, 2.45) is 5.92 Å². The van der Waals surface area contributed by atoms with E-state index in [2.05, 4.69) is 193 Å². The molecule has 1 fully saturated rings. The van der Waals surface area contributed by atoms with Gasteiger partial charge in [0.1, 0.15) is 16.8 Å². The molecule has 65 heavy (non-hydrogen) atoms. The van der Waals surface area contributed by atoms with Crippen LogP contribution >= 0.6 is 0 Å². The second kappa shape index (κ2) is 15.4. The number of aromatic nitrogens is 3. The first-order valence-electron chi connectivity index (χ1n) is 24.2. The average Bonchev–Trinajstić information content (AvgIpc) is 4.06. The molecular weight excluding hydrogens is 807 g/mol. The Kier molecular flexibility index (Phi) is 9.54. The highest BCUT2D eigenvalue weighted by Gasteiger charge is 2.49. The summed E-state index contributed by atoms with van der Waals surface area (Å²) < 4.78 is 14.9. The highest BCUT2D eigenvalue weighted by molar-refractivity contribution is 6.89. The number of furan rings is 1. The Morgan fingerprint density at radius 2 is 1.51 bits per heavy atom. The number of fused-ring (bicyclic) bond motifs is 15. The average molecular weight is 866 g/mol. The van der Waals surface area contributed by atoms with Gasteiger partial charge in [-0.1, -0.05) is 162 Å². The van der Waals surface area contributed by atoms with Gasteiger partial charge in [-0.15, -0.1) is 0 Å². The van der Waals surface area contributed by atoms with Crippen molar-refractivity contribution in [3.63, 3.8) is 0 Å². The molecule has 2 aliphatic heterocycles. The van der Waals surface area contributed by atoms with Gasteiger partial charge in [-0.25, -0.2) is 0 Å². The maximum atomic E-state index is 7.12. The van der Waals surface area contributed by atoms with Gasteiger partial charge in [0.15, 0.2) is 28.5 Å². The van der Waals surface area contributed by atoms with Crippen LogP contribution in [0.3, 0.4) is 0 Å². The number of rotatable bonds is 6. The molecule has 2 unspecified atom stereocenters. The molecule has 2 atom stereocenters. The van der Waals surface area contributed by atoms with Crippen LogP contribution in [0.15, 0.2) is 157 Å². The zero-order chi connectivity index (χ0) is 44.1. The third kappa shape index (κ3) is 6.44. The first-order valence-corrected chi connectivity index (χ1v) is 27.7. The van der Waals surface area contributed by atoms with E-state index in [4.69, 9.17) is 11.0 Å². The highest BCUT2D eigenvalue weighted by atomic mass is 28.3. The number of nitrogens with zero attached hydrogens (tertiary/aromatic N) is 3. The van der Waals surface area contributed by atoms with E-state index >= 15 is 0 Å².